The Morgan fingerprint density at radius 2 is 1.54 bits per heavy atom. The number of hydrogen-bond acceptors (Lipinski definition) is 4. The largest absolute Gasteiger partial charge is 0.245 e. The van der Waals surface area contributed by atoms with Gasteiger partial charge >= 0.3 is 0 Å². The average molecular weight is 367 g/mol. The van der Waals surface area contributed by atoms with E-state index in [9.17, 15) is 0 Å². The lowest BCUT2D eigenvalue weighted by Gasteiger charge is -2.18. The number of benzene rings is 1. The number of pyridine rings is 1. The molecule has 4 nitrogen and oxygen atoms in total. The molecule has 0 fully saturated rings. The molecular formula is C21H26N4S. The first-order valence-corrected chi connectivity index (χ1v) is 9.66. The Morgan fingerprint density at radius 3 is 2.23 bits per heavy atom. The van der Waals surface area contributed by atoms with Gasteiger partial charge in [0, 0.05) is 6.20 Å². The van der Waals surface area contributed by atoms with Gasteiger partial charge in [-0.2, -0.15) is 5.10 Å². The quantitative estimate of drug-likeness (QED) is 0.405. The fraction of sp³-hybridized carbons (Fsp3) is 0.381. The van der Waals surface area contributed by atoms with E-state index in [1.165, 1.54) is 15.8 Å². The van der Waals surface area contributed by atoms with Crippen LogP contribution in [0.5, 0.6) is 0 Å². The lowest BCUT2D eigenvalue weighted by molar-refractivity contribution is 0.584. The SMILES string of the molecule is CC(C)(C)c1ccc2ncnn2c1.CC(C)(C)c1ccc2ncsc2c1. The molecule has 0 aliphatic carbocycles. The molecule has 1 aromatic carbocycles. The zero-order valence-corrected chi connectivity index (χ0v) is 17.1. The van der Waals surface area contributed by atoms with E-state index in [2.05, 4.69) is 80.9 Å². The van der Waals surface area contributed by atoms with Gasteiger partial charge < -0.3 is 0 Å². The molecule has 0 unspecified atom stereocenters. The fourth-order valence-corrected chi connectivity index (χ4v) is 3.30. The van der Waals surface area contributed by atoms with Gasteiger partial charge in [-0.05, 0) is 40.2 Å². The Bertz CT molecular complexity index is 932. The topological polar surface area (TPSA) is 43.1 Å². The third-order valence-electron chi connectivity index (χ3n) is 4.34. The maximum absolute atomic E-state index is 4.26. The number of fused-ring (bicyclic) bond motifs is 2. The summed E-state index contributed by atoms with van der Waals surface area (Å²) in [6.45, 7) is 13.3. The second-order valence-electron chi connectivity index (χ2n) is 8.52. The molecule has 0 aliphatic rings. The highest BCUT2D eigenvalue weighted by Gasteiger charge is 2.14. The van der Waals surface area contributed by atoms with E-state index in [1.807, 2.05) is 17.8 Å². The molecule has 3 heterocycles. The van der Waals surface area contributed by atoms with Crippen molar-refractivity contribution in [2.45, 2.75) is 52.4 Å². The smallest absolute Gasteiger partial charge is 0.155 e. The van der Waals surface area contributed by atoms with Crippen molar-refractivity contribution in [3.05, 3.63) is 59.5 Å². The second-order valence-corrected chi connectivity index (χ2v) is 9.40. The van der Waals surface area contributed by atoms with Crippen LogP contribution in [0.4, 0.5) is 0 Å². The number of rotatable bonds is 0. The summed E-state index contributed by atoms with van der Waals surface area (Å²) < 4.78 is 3.09. The molecule has 0 amide bonds. The van der Waals surface area contributed by atoms with Gasteiger partial charge in [0.25, 0.3) is 0 Å². The van der Waals surface area contributed by atoms with Crippen LogP contribution in [-0.4, -0.2) is 19.6 Å². The van der Waals surface area contributed by atoms with Crippen LogP contribution >= 0.6 is 11.3 Å². The van der Waals surface area contributed by atoms with E-state index in [4.69, 9.17) is 0 Å². The number of hydrogen-bond donors (Lipinski definition) is 0. The Balaban J connectivity index is 0.000000151. The predicted molar refractivity (Wildman–Crippen MR) is 110 cm³/mol. The zero-order chi connectivity index (χ0) is 18.9. The van der Waals surface area contributed by atoms with Crippen molar-refractivity contribution in [1.29, 1.82) is 0 Å². The van der Waals surface area contributed by atoms with Crippen LogP contribution in [0, 0.1) is 0 Å². The Hall–Kier alpha value is -2.27. The molecular weight excluding hydrogens is 340 g/mol. The van der Waals surface area contributed by atoms with Crippen molar-refractivity contribution >= 4 is 27.2 Å². The van der Waals surface area contributed by atoms with E-state index in [0.717, 1.165) is 11.2 Å². The van der Waals surface area contributed by atoms with Crippen molar-refractivity contribution in [1.82, 2.24) is 19.6 Å². The van der Waals surface area contributed by atoms with Crippen LogP contribution in [0.25, 0.3) is 15.9 Å². The maximum atomic E-state index is 4.26. The number of aromatic nitrogens is 4. The highest BCUT2D eigenvalue weighted by atomic mass is 32.1. The van der Waals surface area contributed by atoms with Crippen LogP contribution in [0.1, 0.15) is 52.7 Å². The molecule has 4 aromatic rings. The minimum Gasteiger partial charge on any atom is -0.245 e. The summed E-state index contributed by atoms with van der Waals surface area (Å²) in [5.74, 6) is 0. The molecule has 136 valence electrons. The number of thiazole rings is 1. The normalized spacial score (nSPS) is 12.2. The highest BCUT2D eigenvalue weighted by molar-refractivity contribution is 7.16. The molecule has 5 heteroatoms. The standard InChI is InChI=1S/C11H13NS.C10H13N3/c1-11(2,3)8-4-5-9-10(6-8)13-7-12-9;1-10(2,3)8-4-5-9-11-7-12-13(9)6-8/h2*4-7H,1-3H3. The van der Waals surface area contributed by atoms with Gasteiger partial charge in [0.05, 0.1) is 15.7 Å². The molecule has 0 aliphatic heterocycles. The summed E-state index contributed by atoms with van der Waals surface area (Å²) in [6.07, 6.45) is 3.60. The van der Waals surface area contributed by atoms with Crippen LogP contribution in [0.2, 0.25) is 0 Å². The third kappa shape index (κ3) is 4.10. The fourth-order valence-electron chi connectivity index (χ4n) is 2.58. The summed E-state index contributed by atoms with van der Waals surface area (Å²) in [7, 11) is 0. The average Bonchev–Trinajstić information content (AvgIpc) is 3.21. The zero-order valence-electron chi connectivity index (χ0n) is 16.3. The Morgan fingerprint density at radius 1 is 0.846 bits per heavy atom. The summed E-state index contributed by atoms with van der Waals surface area (Å²) in [4.78, 5) is 8.35. The Kier molecular flexibility index (Phi) is 4.84. The van der Waals surface area contributed by atoms with E-state index in [1.54, 1.807) is 22.2 Å². The molecule has 26 heavy (non-hydrogen) atoms. The van der Waals surface area contributed by atoms with Crippen molar-refractivity contribution in [2.24, 2.45) is 0 Å². The summed E-state index contributed by atoms with van der Waals surface area (Å²) >= 11 is 1.71. The summed E-state index contributed by atoms with van der Waals surface area (Å²) in [5.41, 5.74) is 6.95. The molecule has 3 aromatic heterocycles. The monoisotopic (exact) mass is 366 g/mol. The highest BCUT2D eigenvalue weighted by Crippen LogP contribution is 2.27. The van der Waals surface area contributed by atoms with Gasteiger partial charge in [0.2, 0.25) is 0 Å². The van der Waals surface area contributed by atoms with E-state index in [0.29, 0.717) is 0 Å². The van der Waals surface area contributed by atoms with Gasteiger partial charge in [-0.25, -0.2) is 14.5 Å². The van der Waals surface area contributed by atoms with E-state index < -0.39 is 0 Å². The number of nitrogens with zero attached hydrogens (tertiary/aromatic N) is 4. The molecule has 0 saturated heterocycles. The Labute approximate surface area is 158 Å². The van der Waals surface area contributed by atoms with Gasteiger partial charge in [-0.1, -0.05) is 53.7 Å². The predicted octanol–water partition coefficient (Wildman–Crippen LogP) is 5.62. The first kappa shape index (κ1) is 18.5. The third-order valence-corrected chi connectivity index (χ3v) is 5.13. The van der Waals surface area contributed by atoms with Crippen LogP contribution < -0.4 is 0 Å². The molecule has 0 saturated carbocycles. The maximum Gasteiger partial charge on any atom is 0.155 e. The molecule has 0 N–H and O–H groups in total. The van der Waals surface area contributed by atoms with Gasteiger partial charge in [0.1, 0.15) is 6.33 Å². The van der Waals surface area contributed by atoms with Crippen LogP contribution in [0.15, 0.2) is 48.4 Å². The van der Waals surface area contributed by atoms with Crippen molar-refractivity contribution < 1.29 is 0 Å². The second kappa shape index (κ2) is 6.80. The van der Waals surface area contributed by atoms with Gasteiger partial charge in [-0.3, -0.25) is 0 Å². The van der Waals surface area contributed by atoms with E-state index in [-0.39, 0.29) is 10.8 Å². The molecule has 0 bridgehead atoms. The van der Waals surface area contributed by atoms with Crippen LogP contribution in [0.3, 0.4) is 0 Å². The van der Waals surface area contributed by atoms with Crippen molar-refractivity contribution in [3.8, 4) is 0 Å². The lowest BCUT2D eigenvalue weighted by atomic mass is 9.87. The van der Waals surface area contributed by atoms with E-state index >= 15 is 0 Å². The minimum absolute atomic E-state index is 0.167. The van der Waals surface area contributed by atoms with Gasteiger partial charge in [-0.15, -0.1) is 11.3 Å². The first-order valence-electron chi connectivity index (χ1n) is 8.78. The summed E-state index contributed by atoms with van der Waals surface area (Å²) in [5, 5.41) is 4.10. The lowest BCUT2D eigenvalue weighted by Crippen LogP contribution is -2.12. The van der Waals surface area contributed by atoms with Crippen LogP contribution in [-0.2, 0) is 10.8 Å². The van der Waals surface area contributed by atoms with Gasteiger partial charge in [0.15, 0.2) is 5.65 Å². The van der Waals surface area contributed by atoms with Crippen molar-refractivity contribution in [3.63, 3.8) is 0 Å². The molecule has 0 spiro atoms. The minimum atomic E-state index is 0.167. The first-order chi connectivity index (χ1) is 12.1. The van der Waals surface area contributed by atoms with Crippen molar-refractivity contribution in [2.75, 3.05) is 0 Å². The molecule has 4 rings (SSSR count). The summed E-state index contributed by atoms with van der Waals surface area (Å²) in [6, 6.07) is 10.6. The molecule has 0 atom stereocenters. The molecule has 0 radical (unpaired) electrons.